The van der Waals surface area contributed by atoms with E-state index in [4.69, 9.17) is 0 Å². The first-order valence-electron chi connectivity index (χ1n) is 23.7. The smallest absolute Gasteiger partial charge is 0.0619 e. The van der Waals surface area contributed by atoms with Gasteiger partial charge < -0.3 is 0 Å². The minimum Gasteiger partial charge on any atom is -0.0619 e. The highest BCUT2D eigenvalue weighted by molar-refractivity contribution is 6.21. The molecule has 0 aliphatic heterocycles. The van der Waals surface area contributed by atoms with Crippen molar-refractivity contribution in [1.82, 2.24) is 0 Å². The van der Waals surface area contributed by atoms with Crippen LogP contribution in [0.3, 0.4) is 0 Å². The Morgan fingerprint density at radius 2 is 0.612 bits per heavy atom. The standard InChI is InChI=1S/C67H40/c1-37-41-27-25-39(42-29-31-55-46-15-5-3-13-44(46)53-21-11-19-51(42)65(53)55)33-57(41)38(2)59-36-64-60(35-58(37)59)50-28-26-40(34-63(50)67(64)61-23-9-7-17-48(61)49-18-8-10-24-62(49)67)43-30-32-56-47-16-6-4-14-45(47)54-22-12-20-52(43)66(54)56/h3-36H,1-2H3. The highest BCUT2D eigenvalue weighted by atomic mass is 14.5. The van der Waals surface area contributed by atoms with Gasteiger partial charge >= 0.3 is 0 Å². The molecule has 16 rings (SSSR count). The molecule has 1 spiro atoms. The summed E-state index contributed by atoms with van der Waals surface area (Å²) in [7, 11) is 0. The molecule has 12 aromatic rings. The second-order valence-electron chi connectivity index (χ2n) is 19.4. The lowest BCUT2D eigenvalue weighted by Gasteiger charge is -2.31. The quantitative estimate of drug-likeness (QED) is 0.152. The van der Waals surface area contributed by atoms with Crippen molar-refractivity contribution in [3.8, 4) is 89.0 Å². The van der Waals surface area contributed by atoms with Crippen LogP contribution in [0, 0.1) is 13.8 Å². The van der Waals surface area contributed by atoms with Crippen LogP contribution in [0.15, 0.2) is 206 Å². The maximum Gasteiger partial charge on any atom is 0.0725 e. The van der Waals surface area contributed by atoms with Crippen LogP contribution in [-0.4, -0.2) is 0 Å². The van der Waals surface area contributed by atoms with Crippen LogP contribution < -0.4 is 0 Å². The predicted octanol–water partition coefficient (Wildman–Crippen LogP) is 17.9. The Morgan fingerprint density at radius 1 is 0.224 bits per heavy atom. The van der Waals surface area contributed by atoms with E-state index < -0.39 is 5.41 Å². The molecule has 0 saturated heterocycles. The van der Waals surface area contributed by atoms with Crippen LogP contribution in [0.4, 0.5) is 0 Å². The molecule has 0 atom stereocenters. The summed E-state index contributed by atoms with van der Waals surface area (Å²) in [4.78, 5) is 0. The van der Waals surface area contributed by atoms with Gasteiger partial charge in [0.2, 0.25) is 0 Å². The number of hydrogen-bond acceptors (Lipinski definition) is 0. The zero-order chi connectivity index (χ0) is 43.9. The van der Waals surface area contributed by atoms with E-state index in [-0.39, 0.29) is 0 Å². The van der Waals surface area contributed by atoms with Gasteiger partial charge in [0.05, 0.1) is 5.41 Å². The molecule has 0 heteroatoms. The molecule has 12 aromatic carbocycles. The van der Waals surface area contributed by atoms with Gasteiger partial charge in [-0.05, 0) is 204 Å². The minimum absolute atomic E-state index is 0.480. The van der Waals surface area contributed by atoms with Crippen LogP contribution in [0.5, 0.6) is 0 Å². The van der Waals surface area contributed by atoms with E-state index >= 15 is 0 Å². The third kappa shape index (κ3) is 4.31. The van der Waals surface area contributed by atoms with Crippen LogP contribution in [0.25, 0.3) is 132 Å². The number of fused-ring (bicyclic) bond motifs is 18. The fraction of sp³-hybridized carbons (Fsp3) is 0.0448. The number of rotatable bonds is 2. The molecule has 0 radical (unpaired) electrons. The molecule has 0 heterocycles. The number of hydrogen-bond donors (Lipinski definition) is 0. The highest BCUT2D eigenvalue weighted by Gasteiger charge is 2.52. The lowest BCUT2D eigenvalue weighted by molar-refractivity contribution is 0.795. The van der Waals surface area contributed by atoms with E-state index in [1.54, 1.807) is 0 Å². The van der Waals surface area contributed by atoms with Crippen molar-refractivity contribution in [2.75, 3.05) is 0 Å². The molecular formula is C67H40. The van der Waals surface area contributed by atoms with Gasteiger partial charge in [-0.2, -0.15) is 0 Å². The predicted molar refractivity (Wildman–Crippen MR) is 282 cm³/mol. The Labute approximate surface area is 389 Å². The van der Waals surface area contributed by atoms with Crippen molar-refractivity contribution in [2.24, 2.45) is 0 Å². The van der Waals surface area contributed by atoms with E-state index in [9.17, 15) is 0 Å². The Hall–Kier alpha value is -8.32. The lowest BCUT2D eigenvalue weighted by Crippen LogP contribution is -2.26. The third-order valence-corrected chi connectivity index (χ3v) is 16.6. The molecule has 4 aliphatic carbocycles. The molecular weight excluding hydrogens is 805 g/mol. The van der Waals surface area contributed by atoms with E-state index in [1.807, 2.05) is 0 Å². The maximum absolute atomic E-state index is 2.60. The number of aryl methyl sites for hydroxylation is 2. The Morgan fingerprint density at radius 3 is 1.19 bits per heavy atom. The third-order valence-electron chi connectivity index (χ3n) is 16.6. The largest absolute Gasteiger partial charge is 0.0725 e. The first kappa shape index (κ1) is 36.0. The minimum atomic E-state index is -0.480. The molecule has 0 amide bonds. The van der Waals surface area contributed by atoms with E-state index in [1.165, 1.54) is 165 Å². The molecule has 0 saturated carbocycles. The average Bonchev–Trinajstić information content (AvgIpc) is 4.09. The fourth-order valence-electron chi connectivity index (χ4n) is 13.7. The molecule has 0 bridgehead atoms. The highest BCUT2D eigenvalue weighted by Crippen LogP contribution is 2.64. The molecule has 0 nitrogen and oxygen atoms in total. The normalized spacial score (nSPS) is 13.6. The second kappa shape index (κ2) is 12.5. The molecule has 0 aromatic heterocycles. The van der Waals surface area contributed by atoms with Crippen LogP contribution in [0.2, 0.25) is 0 Å². The summed E-state index contributed by atoms with van der Waals surface area (Å²) in [6.45, 7) is 4.71. The van der Waals surface area contributed by atoms with Crippen molar-refractivity contribution in [2.45, 2.75) is 19.3 Å². The van der Waals surface area contributed by atoms with E-state index in [0.717, 1.165) is 0 Å². The maximum atomic E-state index is 2.60. The van der Waals surface area contributed by atoms with Crippen LogP contribution >= 0.6 is 0 Å². The molecule has 0 N–H and O–H groups in total. The fourth-order valence-corrected chi connectivity index (χ4v) is 13.7. The summed E-state index contributed by atoms with van der Waals surface area (Å²) in [5, 5.41) is 10.7. The number of benzene rings is 12. The van der Waals surface area contributed by atoms with Gasteiger partial charge in [-0.15, -0.1) is 0 Å². The molecule has 67 heavy (non-hydrogen) atoms. The van der Waals surface area contributed by atoms with Gasteiger partial charge in [-0.3, -0.25) is 0 Å². The van der Waals surface area contributed by atoms with Crippen molar-refractivity contribution < 1.29 is 0 Å². The van der Waals surface area contributed by atoms with Gasteiger partial charge in [0.1, 0.15) is 0 Å². The van der Waals surface area contributed by atoms with Gasteiger partial charge in [-0.1, -0.05) is 182 Å². The SMILES string of the molecule is Cc1c2ccc(-c3ccc4c5c(cccc35)-c3ccccc3-4)cc2c(C)c2cc3c(cc12)-c1ccc(-c2ccc4c5c(cccc25)-c2ccccc2-4)cc1C31c2ccccc2-c2ccccc21. The second-order valence-corrected chi connectivity index (χ2v) is 19.4. The van der Waals surface area contributed by atoms with Gasteiger partial charge in [0.25, 0.3) is 0 Å². The van der Waals surface area contributed by atoms with Gasteiger partial charge in [0.15, 0.2) is 0 Å². The van der Waals surface area contributed by atoms with Gasteiger partial charge in [0, 0.05) is 0 Å². The summed E-state index contributed by atoms with van der Waals surface area (Å²) in [5.74, 6) is 0. The van der Waals surface area contributed by atoms with Gasteiger partial charge in [-0.25, -0.2) is 0 Å². The molecule has 4 aliphatic rings. The Balaban J connectivity index is 0.937. The van der Waals surface area contributed by atoms with Crippen molar-refractivity contribution >= 4 is 43.1 Å². The Kier molecular flexibility index (Phi) is 6.72. The summed E-state index contributed by atoms with van der Waals surface area (Å²) < 4.78 is 0. The zero-order valence-corrected chi connectivity index (χ0v) is 37.1. The Bertz CT molecular complexity index is 4190. The van der Waals surface area contributed by atoms with Crippen molar-refractivity contribution in [3.05, 3.63) is 240 Å². The summed E-state index contributed by atoms with van der Waals surface area (Å²) >= 11 is 0. The molecule has 0 unspecified atom stereocenters. The van der Waals surface area contributed by atoms with Crippen LogP contribution in [0.1, 0.15) is 33.4 Å². The van der Waals surface area contributed by atoms with E-state index in [0.29, 0.717) is 0 Å². The monoisotopic (exact) mass is 844 g/mol. The summed E-state index contributed by atoms with van der Waals surface area (Å²) in [6, 6.07) is 79.1. The van der Waals surface area contributed by atoms with Crippen molar-refractivity contribution in [1.29, 1.82) is 0 Å². The summed E-state index contributed by atoms with van der Waals surface area (Å²) in [6.07, 6.45) is 0. The molecule has 308 valence electrons. The first-order valence-corrected chi connectivity index (χ1v) is 23.7. The molecule has 0 fully saturated rings. The summed E-state index contributed by atoms with van der Waals surface area (Å²) in [5.41, 5.74) is 28.8. The van der Waals surface area contributed by atoms with E-state index in [2.05, 4.69) is 220 Å². The zero-order valence-electron chi connectivity index (χ0n) is 37.1. The van der Waals surface area contributed by atoms with Crippen LogP contribution in [-0.2, 0) is 5.41 Å². The topological polar surface area (TPSA) is 0 Å². The average molecular weight is 845 g/mol. The van der Waals surface area contributed by atoms with Crippen molar-refractivity contribution in [3.63, 3.8) is 0 Å². The lowest BCUT2D eigenvalue weighted by atomic mass is 9.69. The first-order chi connectivity index (χ1) is 33.1.